The van der Waals surface area contributed by atoms with Crippen LogP contribution in [0.4, 0.5) is 0 Å². The van der Waals surface area contributed by atoms with Crippen LogP contribution in [0.3, 0.4) is 0 Å². The molecule has 0 aliphatic rings. The quantitative estimate of drug-likeness (QED) is 0.875. The Morgan fingerprint density at radius 2 is 1.94 bits per heavy atom. The summed E-state index contributed by atoms with van der Waals surface area (Å²) in [6.45, 7) is 2.87. The molecule has 1 aromatic carbocycles. The summed E-state index contributed by atoms with van der Waals surface area (Å²) in [6, 6.07) is 8.72. The van der Waals surface area contributed by atoms with E-state index in [1.54, 1.807) is 19.0 Å². The molecule has 0 bridgehead atoms. The Kier molecular flexibility index (Phi) is 6.36. The minimum atomic E-state index is 0.165. The van der Waals surface area contributed by atoms with Crippen LogP contribution >= 0.6 is 15.9 Å². The molecule has 3 nitrogen and oxygen atoms in total. The Morgan fingerprint density at radius 3 is 2.50 bits per heavy atom. The monoisotopic (exact) mass is 312 g/mol. The number of hydrogen-bond acceptors (Lipinski definition) is 2. The lowest BCUT2D eigenvalue weighted by Gasteiger charge is -2.15. The van der Waals surface area contributed by atoms with Crippen molar-refractivity contribution in [2.24, 2.45) is 0 Å². The van der Waals surface area contributed by atoms with Crippen molar-refractivity contribution in [2.45, 2.75) is 25.8 Å². The predicted octanol–water partition coefficient (Wildman–Crippen LogP) is 2.45. The standard InChI is InChI=1S/C14H21BrN2O/c1-11(16-9-8-14(18)17(2)3)10-12-4-6-13(15)7-5-12/h4-7,11,16H,8-10H2,1-3H3. The van der Waals surface area contributed by atoms with Crippen molar-refractivity contribution in [3.63, 3.8) is 0 Å². The highest BCUT2D eigenvalue weighted by Gasteiger charge is 2.06. The van der Waals surface area contributed by atoms with Gasteiger partial charge in [0.15, 0.2) is 0 Å². The molecule has 1 unspecified atom stereocenters. The molecule has 0 radical (unpaired) electrons. The first-order valence-electron chi connectivity index (χ1n) is 6.17. The van der Waals surface area contributed by atoms with Gasteiger partial charge in [0.1, 0.15) is 0 Å². The Labute approximate surface area is 118 Å². The van der Waals surface area contributed by atoms with Gasteiger partial charge in [-0.05, 0) is 31.0 Å². The highest BCUT2D eigenvalue weighted by molar-refractivity contribution is 9.10. The second-order valence-electron chi connectivity index (χ2n) is 4.72. The average molecular weight is 313 g/mol. The summed E-state index contributed by atoms with van der Waals surface area (Å²) in [7, 11) is 3.57. The Morgan fingerprint density at radius 1 is 1.33 bits per heavy atom. The lowest BCUT2D eigenvalue weighted by atomic mass is 10.1. The van der Waals surface area contributed by atoms with Gasteiger partial charge in [-0.25, -0.2) is 0 Å². The van der Waals surface area contributed by atoms with Gasteiger partial charge in [-0.2, -0.15) is 0 Å². The fourth-order valence-corrected chi connectivity index (χ4v) is 1.96. The van der Waals surface area contributed by atoms with Crippen molar-refractivity contribution in [3.8, 4) is 0 Å². The van der Waals surface area contributed by atoms with Crippen molar-refractivity contribution in [1.29, 1.82) is 0 Å². The summed E-state index contributed by atoms with van der Waals surface area (Å²) < 4.78 is 1.10. The zero-order valence-electron chi connectivity index (χ0n) is 11.2. The van der Waals surface area contributed by atoms with E-state index in [0.29, 0.717) is 12.5 Å². The number of amides is 1. The summed E-state index contributed by atoms with van der Waals surface area (Å²) in [5.74, 6) is 0.165. The fourth-order valence-electron chi connectivity index (χ4n) is 1.70. The number of halogens is 1. The van der Waals surface area contributed by atoms with E-state index < -0.39 is 0 Å². The maximum atomic E-state index is 11.4. The van der Waals surface area contributed by atoms with Gasteiger partial charge in [-0.3, -0.25) is 4.79 Å². The van der Waals surface area contributed by atoms with Crippen molar-refractivity contribution in [1.82, 2.24) is 10.2 Å². The summed E-state index contributed by atoms with van der Waals surface area (Å²) in [5.41, 5.74) is 1.30. The average Bonchev–Trinajstić information content (AvgIpc) is 2.32. The Balaban J connectivity index is 2.27. The van der Waals surface area contributed by atoms with Crippen LogP contribution in [0.1, 0.15) is 18.9 Å². The Bertz CT molecular complexity index is 376. The maximum Gasteiger partial charge on any atom is 0.223 e. The zero-order valence-corrected chi connectivity index (χ0v) is 12.8. The van der Waals surface area contributed by atoms with Crippen LogP contribution in [-0.2, 0) is 11.2 Å². The summed E-state index contributed by atoms with van der Waals surface area (Å²) in [5, 5.41) is 3.37. The van der Waals surface area contributed by atoms with Gasteiger partial charge in [0.05, 0.1) is 0 Å². The van der Waals surface area contributed by atoms with Gasteiger partial charge in [0, 0.05) is 37.6 Å². The molecule has 0 aromatic heterocycles. The molecule has 0 aliphatic carbocycles. The van der Waals surface area contributed by atoms with Gasteiger partial charge in [0.2, 0.25) is 5.91 Å². The van der Waals surface area contributed by atoms with Gasteiger partial charge in [-0.15, -0.1) is 0 Å². The highest BCUT2D eigenvalue weighted by Crippen LogP contribution is 2.11. The van der Waals surface area contributed by atoms with Crippen LogP contribution in [0.15, 0.2) is 28.7 Å². The van der Waals surface area contributed by atoms with Crippen LogP contribution in [0.2, 0.25) is 0 Å². The first kappa shape index (κ1) is 15.2. The molecule has 18 heavy (non-hydrogen) atoms. The molecule has 0 aliphatic heterocycles. The molecule has 1 aromatic rings. The van der Waals surface area contributed by atoms with Crippen LogP contribution in [0, 0.1) is 0 Å². The van der Waals surface area contributed by atoms with Crippen molar-refractivity contribution in [2.75, 3.05) is 20.6 Å². The number of nitrogens with zero attached hydrogens (tertiary/aromatic N) is 1. The van der Waals surface area contributed by atoms with E-state index in [-0.39, 0.29) is 5.91 Å². The number of carbonyl (C=O) groups is 1. The van der Waals surface area contributed by atoms with E-state index in [2.05, 4.69) is 52.4 Å². The molecule has 1 amide bonds. The number of carbonyl (C=O) groups excluding carboxylic acids is 1. The van der Waals surface area contributed by atoms with Gasteiger partial charge < -0.3 is 10.2 Å². The van der Waals surface area contributed by atoms with E-state index in [1.807, 2.05) is 0 Å². The number of rotatable bonds is 6. The number of benzene rings is 1. The third kappa shape index (κ3) is 5.65. The van der Waals surface area contributed by atoms with Crippen molar-refractivity contribution < 1.29 is 4.79 Å². The number of nitrogens with one attached hydrogen (secondary N) is 1. The lowest BCUT2D eigenvalue weighted by molar-refractivity contribution is -0.128. The first-order valence-corrected chi connectivity index (χ1v) is 6.96. The molecule has 0 heterocycles. The molecule has 0 saturated heterocycles. The minimum absolute atomic E-state index is 0.165. The second-order valence-corrected chi connectivity index (χ2v) is 5.64. The molecule has 0 fully saturated rings. The SMILES string of the molecule is CC(Cc1ccc(Br)cc1)NCCC(=O)N(C)C. The molecule has 1 atom stereocenters. The van der Waals surface area contributed by atoms with E-state index >= 15 is 0 Å². The van der Waals surface area contributed by atoms with E-state index in [0.717, 1.165) is 17.4 Å². The van der Waals surface area contributed by atoms with Gasteiger partial charge in [0.25, 0.3) is 0 Å². The van der Waals surface area contributed by atoms with Gasteiger partial charge in [-0.1, -0.05) is 28.1 Å². The molecule has 0 spiro atoms. The number of hydrogen-bond donors (Lipinski definition) is 1. The molecule has 4 heteroatoms. The first-order chi connectivity index (χ1) is 8.49. The molecule has 100 valence electrons. The Hall–Kier alpha value is -0.870. The second kappa shape index (κ2) is 7.54. The molecule has 0 saturated carbocycles. The largest absolute Gasteiger partial charge is 0.349 e. The van der Waals surface area contributed by atoms with E-state index in [9.17, 15) is 4.79 Å². The van der Waals surface area contributed by atoms with Crippen LogP contribution in [-0.4, -0.2) is 37.5 Å². The van der Waals surface area contributed by atoms with Crippen LogP contribution < -0.4 is 5.32 Å². The topological polar surface area (TPSA) is 32.3 Å². The predicted molar refractivity (Wildman–Crippen MR) is 78.6 cm³/mol. The summed E-state index contributed by atoms with van der Waals surface area (Å²) >= 11 is 3.43. The molecule has 1 N–H and O–H groups in total. The summed E-state index contributed by atoms with van der Waals surface area (Å²) in [4.78, 5) is 13.0. The maximum absolute atomic E-state index is 11.4. The van der Waals surface area contributed by atoms with Crippen LogP contribution in [0.5, 0.6) is 0 Å². The molecular formula is C14H21BrN2O. The smallest absolute Gasteiger partial charge is 0.223 e. The van der Waals surface area contributed by atoms with Crippen molar-refractivity contribution >= 4 is 21.8 Å². The molecular weight excluding hydrogens is 292 g/mol. The third-order valence-corrected chi connectivity index (χ3v) is 3.31. The minimum Gasteiger partial charge on any atom is -0.349 e. The highest BCUT2D eigenvalue weighted by atomic mass is 79.9. The lowest BCUT2D eigenvalue weighted by Crippen LogP contribution is -2.32. The zero-order chi connectivity index (χ0) is 13.5. The fraction of sp³-hybridized carbons (Fsp3) is 0.500. The normalized spacial score (nSPS) is 12.2. The third-order valence-electron chi connectivity index (χ3n) is 2.79. The van der Waals surface area contributed by atoms with E-state index in [1.165, 1.54) is 5.56 Å². The van der Waals surface area contributed by atoms with Crippen LogP contribution in [0.25, 0.3) is 0 Å². The van der Waals surface area contributed by atoms with Gasteiger partial charge >= 0.3 is 0 Å². The molecule has 1 rings (SSSR count). The summed E-state index contributed by atoms with van der Waals surface area (Å²) in [6.07, 6.45) is 1.53. The van der Waals surface area contributed by atoms with E-state index in [4.69, 9.17) is 0 Å². The van der Waals surface area contributed by atoms with Crippen molar-refractivity contribution in [3.05, 3.63) is 34.3 Å².